The first-order valence-corrected chi connectivity index (χ1v) is 13.1. The van der Waals surface area contributed by atoms with Gasteiger partial charge in [0.05, 0.1) is 27.5 Å². The number of hydrogen-bond donors (Lipinski definition) is 3. The van der Waals surface area contributed by atoms with Gasteiger partial charge in [0.25, 0.3) is 11.8 Å². The Bertz CT molecular complexity index is 1580. The minimum atomic E-state index is -0.598. The monoisotopic (exact) mass is 557 g/mol. The lowest BCUT2D eigenvalue weighted by Gasteiger charge is -2.39. The highest BCUT2D eigenvalue weighted by Gasteiger charge is 2.42. The molecule has 2 aliphatic rings. The van der Waals surface area contributed by atoms with Crippen LogP contribution in [0.4, 0.5) is 5.82 Å². The lowest BCUT2D eigenvalue weighted by molar-refractivity contribution is -0.118. The number of nitrogens with zero attached hydrogens (tertiary/aromatic N) is 2. The quantitative estimate of drug-likeness (QED) is 0.309. The average molecular weight is 557 g/mol. The number of Topliss-reactive ketones (excluding diaryl/α,β-unsaturated/α-hetero) is 1. The standard InChI is InChI=1S/C29H32BN5O6/c1-29(2)12-20-23(21(36)13-29)24(16-10-19(30)25(41-5)22(11-16)40-4)35-26(32-20)18(14-31-35)28(38)34-33-27(37)15-6-8-17(39-3)9-7-15/h6-11,14,24,32H,12-13,30H2,1-5H3,(H,33,37)(H,34,38). The summed E-state index contributed by atoms with van der Waals surface area (Å²) >= 11 is 0. The van der Waals surface area contributed by atoms with Gasteiger partial charge >= 0.3 is 0 Å². The van der Waals surface area contributed by atoms with Crippen LogP contribution in [0.15, 0.2) is 53.9 Å². The number of nitrogens with one attached hydrogen (secondary N) is 3. The number of aromatic nitrogens is 2. The fraction of sp³-hybridized carbons (Fsp3) is 0.310. The maximum Gasteiger partial charge on any atom is 0.275 e. The van der Waals surface area contributed by atoms with E-state index in [0.29, 0.717) is 47.0 Å². The smallest absolute Gasteiger partial charge is 0.275 e. The van der Waals surface area contributed by atoms with Crippen molar-refractivity contribution in [2.75, 3.05) is 26.6 Å². The molecule has 1 atom stereocenters. The van der Waals surface area contributed by atoms with Crippen LogP contribution < -0.4 is 35.8 Å². The zero-order valence-corrected chi connectivity index (χ0v) is 23.9. The summed E-state index contributed by atoms with van der Waals surface area (Å²) in [6.45, 7) is 4.08. The van der Waals surface area contributed by atoms with Crippen molar-refractivity contribution in [1.29, 1.82) is 0 Å². The molecule has 0 bridgehead atoms. The number of carbonyl (C=O) groups excluding carboxylic acids is 3. The molecule has 1 aromatic heterocycles. The van der Waals surface area contributed by atoms with Gasteiger partial charge in [-0.3, -0.25) is 25.2 Å². The molecule has 3 N–H and O–H groups in total. The highest BCUT2D eigenvalue weighted by atomic mass is 16.5. The predicted octanol–water partition coefficient (Wildman–Crippen LogP) is 1.90. The molecule has 41 heavy (non-hydrogen) atoms. The third-order valence-electron chi connectivity index (χ3n) is 7.39. The fourth-order valence-electron chi connectivity index (χ4n) is 5.52. The Hall–Kier alpha value is -4.74. The number of allylic oxidation sites excluding steroid dienone is 2. The molecule has 3 aromatic rings. The van der Waals surface area contributed by atoms with Crippen LogP contribution in [0.2, 0.25) is 0 Å². The van der Waals surface area contributed by atoms with Crippen LogP contribution in [0.3, 0.4) is 0 Å². The van der Waals surface area contributed by atoms with E-state index in [0.717, 1.165) is 16.7 Å². The Balaban J connectivity index is 1.51. The molecular formula is C29H32BN5O6. The van der Waals surface area contributed by atoms with Crippen molar-refractivity contribution in [2.24, 2.45) is 5.41 Å². The molecule has 0 spiro atoms. The second-order valence-corrected chi connectivity index (χ2v) is 10.9. The van der Waals surface area contributed by atoms with E-state index in [4.69, 9.17) is 14.2 Å². The molecule has 1 unspecified atom stereocenters. The predicted molar refractivity (Wildman–Crippen MR) is 155 cm³/mol. The first kappa shape index (κ1) is 27.8. The summed E-state index contributed by atoms with van der Waals surface area (Å²) in [5.74, 6) is 1.12. The van der Waals surface area contributed by atoms with Gasteiger partial charge in [0, 0.05) is 23.3 Å². The number of hydrazine groups is 1. The van der Waals surface area contributed by atoms with Crippen LogP contribution in [0.1, 0.15) is 59.0 Å². The molecule has 2 amide bonds. The summed E-state index contributed by atoms with van der Waals surface area (Å²) in [4.78, 5) is 39.5. The lowest BCUT2D eigenvalue weighted by atomic mass is 9.72. The van der Waals surface area contributed by atoms with E-state index in [9.17, 15) is 14.4 Å². The van der Waals surface area contributed by atoms with Crippen LogP contribution in [-0.4, -0.2) is 56.6 Å². The van der Waals surface area contributed by atoms with Gasteiger partial charge in [0.1, 0.15) is 31.0 Å². The third-order valence-corrected chi connectivity index (χ3v) is 7.39. The van der Waals surface area contributed by atoms with Crippen LogP contribution in [0.5, 0.6) is 17.2 Å². The maximum atomic E-state index is 13.6. The zero-order valence-electron chi connectivity index (χ0n) is 23.9. The molecule has 1 aliphatic heterocycles. The summed E-state index contributed by atoms with van der Waals surface area (Å²) in [6, 6.07) is 9.67. The van der Waals surface area contributed by atoms with Gasteiger partial charge in [0.15, 0.2) is 17.3 Å². The molecule has 11 nitrogen and oxygen atoms in total. The summed E-state index contributed by atoms with van der Waals surface area (Å²) in [7, 11) is 6.58. The van der Waals surface area contributed by atoms with Crippen LogP contribution in [0, 0.1) is 5.41 Å². The maximum absolute atomic E-state index is 13.6. The molecule has 2 aromatic carbocycles. The topological polar surface area (TPSA) is 133 Å². The number of ketones is 1. The number of carbonyl (C=O) groups is 3. The van der Waals surface area contributed by atoms with E-state index in [2.05, 4.69) is 21.3 Å². The summed E-state index contributed by atoms with van der Waals surface area (Å²) in [5.41, 5.74) is 8.16. The van der Waals surface area contributed by atoms with E-state index in [1.54, 1.807) is 43.2 Å². The third kappa shape index (κ3) is 5.12. The number of amides is 2. The number of hydrogen-bond acceptors (Lipinski definition) is 8. The minimum absolute atomic E-state index is 0.0140. The lowest BCUT2D eigenvalue weighted by Crippen LogP contribution is -2.42. The van der Waals surface area contributed by atoms with Gasteiger partial charge in [-0.1, -0.05) is 19.9 Å². The largest absolute Gasteiger partial charge is 0.497 e. The molecule has 1 aliphatic carbocycles. The van der Waals surface area contributed by atoms with Crippen LogP contribution in [-0.2, 0) is 4.79 Å². The van der Waals surface area contributed by atoms with Crippen molar-refractivity contribution in [1.82, 2.24) is 20.6 Å². The van der Waals surface area contributed by atoms with Gasteiger partial charge in [-0.25, -0.2) is 4.68 Å². The van der Waals surface area contributed by atoms with Gasteiger partial charge < -0.3 is 19.5 Å². The van der Waals surface area contributed by atoms with E-state index >= 15 is 0 Å². The van der Waals surface area contributed by atoms with Crippen molar-refractivity contribution < 1.29 is 28.6 Å². The van der Waals surface area contributed by atoms with Gasteiger partial charge in [0.2, 0.25) is 0 Å². The molecule has 0 saturated heterocycles. The fourth-order valence-corrected chi connectivity index (χ4v) is 5.52. The zero-order chi connectivity index (χ0) is 29.5. The Labute approximate surface area is 238 Å². The summed E-state index contributed by atoms with van der Waals surface area (Å²) < 4.78 is 17.9. The van der Waals surface area contributed by atoms with Gasteiger partial charge in [-0.2, -0.15) is 5.10 Å². The highest BCUT2D eigenvalue weighted by molar-refractivity contribution is 6.34. The average Bonchev–Trinajstić information content (AvgIpc) is 3.37. The molecule has 0 saturated carbocycles. The Kier molecular flexibility index (Phi) is 7.25. The van der Waals surface area contributed by atoms with E-state index in [1.165, 1.54) is 13.3 Å². The van der Waals surface area contributed by atoms with E-state index in [1.807, 2.05) is 33.8 Å². The Morgan fingerprint density at radius 1 is 1.02 bits per heavy atom. The number of ether oxygens (including phenoxy) is 3. The Morgan fingerprint density at radius 3 is 2.39 bits per heavy atom. The van der Waals surface area contributed by atoms with Crippen LogP contribution >= 0.6 is 0 Å². The first-order chi connectivity index (χ1) is 19.6. The minimum Gasteiger partial charge on any atom is -0.497 e. The van der Waals surface area contributed by atoms with Crippen molar-refractivity contribution in [3.63, 3.8) is 0 Å². The van der Waals surface area contributed by atoms with Crippen molar-refractivity contribution >= 4 is 36.7 Å². The van der Waals surface area contributed by atoms with Crippen LogP contribution in [0.25, 0.3) is 0 Å². The first-order valence-electron chi connectivity index (χ1n) is 13.1. The molecule has 0 radical (unpaired) electrons. The van der Waals surface area contributed by atoms with Gasteiger partial charge in [-0.05, 0) is 53.2 Å². The molecule has 0 fully saturated rings. The molecule has 212 valence electrons. The SMILES string of the molecule is Bc1cc(C2C3=C(CC(C)(C)CC3=O)Nc3c(C(=O)NNC(=O)c4ccc(OC)cc4)cnn32)cc(OC)c1OC. The van der Waals surface area contributed by atoms with E-state index in [-0.39, 0.29) is 16.8 Å². The number of rotatable bonds is 6. The Morgan fingerprint density at radius 2 is 1.73 bits per heavy atom. The molecule has 5 rings (SSSR count). The molecular weight excluding hydrogens is 525 g/mol. The number of fused-ring (bicyclic) bond motifs is 1. The normalized spacial score (nSPS) is 17.1. The van der Waals surface area contributed by atoms with Gasteiger partial charge in [-0.15, -0.1) is 0 Å². The van der Waals surface area contributed by atoms with E-state index < -0.39 is 17.9 Å². The van der Waals surface area contributed by atoms with Crippen molar-refractivity contribution in [3.05, 3.63) is 70.6 Å². The molecule has 2 heterocycles. The number of methoxy groups -OCH3 is 3. The second-order valence-electron chi connectivity index (χ2n) is 10.9. The number of benzene rings is 2. The summed E-state index contributed by atoms with van der Waals surface area (Å²) in [5, 5.41) is 7.87. The van der Waals surface area contributed by atoms with Crippen molar-refractivity contribution in [3.8, 4) is 17.2 Å². The van der Waals surface area contributed by atoms with Crippen molar-refractivity contribution in [2.45, 2.75) is 32.7 Å². The number of anilines is 1. The highest BCUT2D eigenvalue weighted by Crippen LogP contribution is 2.47. The molecule has 12 heteroatoms. The summed E-state index contributed by atoms with van der Waals surface area (Å²) in [6.07, 6.45) is 2.42. The second kappa shape index (κ2) is 10.7.